The van der Waals surface area contributed by atoms with E-state index in [0.717, 1.165) is 24.0 Å². The molecule has 0 aliphatic carbocycles. The zero-order valence-corrected chi connectivity index (χ0v) is 19.1. The molecular formula is C28H28N2O4. The maximum atomic E-state index is 13.0. The molecule has 1 aliphatic rings. The molecule has 6 nitrogen and oxygen atoms in total. The first-order chi connectivity index (χ1) is 16.6. The number of hydrogen-bond acceptors (Lipinski definition) is 4. The van der Waals surface area contributed by atoms with Crippen molar-refractivity contribution in [1.82, 2.24) is 10.6 Å². The van der Waals surface area contributed by atoms with Gasteiger partial charge in [0.05, 0.1) is 6.10 Å². The predicted octanol–water partition coefficient (Wildman–Crippen LogP) is 4.85. The van der Waals surface area contributed by atoms with Crippen molar-refractivity contribution in [2.45, 2.75) is 25.9 Å². The van der Waals surface area contributed by atoms with E-state index >= 15 is 0 Å². The van der Waals surface area contributed by atoms with Crippen LogP contribution in [-0.4, -0.2) is 31.1 Å². The SMILES string of the molecule is Cc1ccc(C(=O)NC(=Cc2cccc(Oc3ccccc3)c2)C(=O)NCC2CCCO2)cc1. The smallest absolute Gasteiger partial charge is 0.267 e. The third-order valence-corrected chi connectivity index (χ3v) is 5.47. The molecule has 1 saturated heterocycles. The molecular weight excluding hydrogens is 428 g/mol. The first-order valence-corrected chi connectivity index (χ1v) is 11.4. The second kappa shape index (κ2) is 11.3. The highest BCUT2D eigenvalue weighted by molar-refractivity contribution is 6.05. The average Bonchev–Trinajstić information content (AvgIpc) is 3.37. The van der Waals surface area contributed by atoms with E-state index in [0.29, 0.717) is 30.2 Å². The summed E-state index contributed by atoms with van der Waals surface area (Å²) in [5.41, 5.74) is 2.40. The van der Waals surface area contributed by atoms with Crippen molar-refractivity contribution in [1.29, 1.82) is 0 Å². The van der Waals surface area contributed by atoms with Crippen LogP contribution in [0.1, 0.15) is 34.3 Å². The van der Waals surface area contributed by atoms with E-state index in [1.165, 1.54) is 0 Å². The summed E-state index contributed by atoms with van der Waals surface area (Å²) in [6, 6.07) is 24.0. The molecule has 34 heavy (non-hydrogen) atoms. The monoisotopic (exact) mass is 456 g/mol. The van der Waals surface area contributed by atoms with Crippen LogP contribution in [0.15, 0.2) is 84.6 Å². The van der Waals surface area contributed by atoms with Gasteiger partial charge in [-0.15, -0.1) is 0 Å². The molecule has 1 heterocycles. The van der Waals surface area contributed by atoms with Gasteiger partial charge in [-0.1, -0.05) is 48.0 Å². The summed E-state index contributed by atoms with van der Waals surface area (Å²) in [5.74, 6) is 0.621. The highest BCUT2D eigenvalue weighted by Gasteiger charge is 2.19. The van der Waals surface area contributed by atoms with Crippen LogP contribution in [0.3, 0.4) is 0 Å². The molecule has 2 N–H and O–H groups in total. The number of carbonyl (C=O) groups is 2. The van der Waals surface area contributed by atoms with E-state index < -0.39 is 0 Å². The average molecular weight is 457 g/mol. The van der Waals surface area contributed by atoms with E-state index in [1.54, 1.807) is 18.2 Å². The van der Waals surface area contributed by atoms with Gasteiger partial charge >= 0.3 is 0 Å². The fourth-order valence-electron chi connectivity index (χ4n) is 3.62. The first kappa shape index (κ1) is 23.3. The normalized spacial score (nSPS) is 15.6. The number of benzene rings is 3. The molecule has 174 valence electrons. The van der Waals surface area contributed by atoms with Crippen LogP contribution in [0.4, 0.5) is 0 Å². The number of amides is 2. The van der Waals surface area contributed by atoms with Crippen LogP contribution in [0.5, 0.6) is 11.5 Å². The van der Waals surface area contributed by atoms with Crippen LogP contribution in [-0.2, 0) is 9.53 Å². The van der Waals surface area contributed by atoms with Gasteiger partial charge in [0.2, 0.25) is 0 Å². The zero-order valence-electron chi connectivity index (χ0n) is 19.1. The Balaban J connectivity index is 1.54. The second-order valence-corrected chi connectivity index (χ2v) is 8.21. The van der Waals surface area contributed by atoms with Crippen LogP contribution >= 0.6 is 0 Å². The molecule has 1 atom stereocenters. The van der Waals surface area contributed by atoms with E-state index in [4.69, 9.17) is 9.47 Å². The molecule has 3 aromatic carbocycles. The summed E-state index contributed by atoms with van der Waals surface area (Å²) in [7, 11) is 0. The Morgan fingerprint density at radius 2 is 1.76 bits per heavy atom. The standard InChI is InChI=1S/C28H28N2O4/c1-20-12-14-22(15-13-20)27(31)30-26(28(32)29-19-25-11-6-16-33-25)18-21-7-5-10-24(17-21)34-23-8-3-2-4-9-23/h2-5,7-10,12-15,17-18,25H,6,11,16,19H2,1H3,(H,29,32)(H,30,31). The van der Waals surface area contributed by atoms with Gasteiger partial charge in [-0.25, -0.2) is 0 Å². The molecule has 0 saturated carbocycles. The summed E-state index contributed by atoms with van der Waals surface area (Å²) < 4.78 is 11.5. The van der Waals surface area contributed by atoms with Crippen LogP contribution in [0.25, 0.3) is 6.08 Å². The van der Waals surface area contributed by atoms with Gasteiger partial charge in [0.1, 0.15) is 17.2 Å². The number of aryl methyl sites for hydroxylation is 1. The lowest BCUT2D eigenvalue weighted by Crippen LogP contribution is -2.38. The van der Waals surface area contributed by atoms with Crippen molar-refractivity contribution in [3.63, 3.8) is 0 Å². The first-order valence-electron chi connectivity index (χ1n) is 11.4. The van der Waals surface area contributed by atoms with Gasteiger partial charge in [0, 0.05) is 18.7 Å². The third-order valence-electron chi connectivity index (χ3n) is 5.47. The third kappa shape index (κ3) is 6.56. The number of ether oxygens (including phenoxy) is 2. The maximum Gasteiger partial charge on any atom is 0.267 e. The summed E-state index contributed by atoms with van der Waals surface area (Å²) in [4.78, 5) is 25.9. The molecule has 1 aliphatic heterocycles. The molecule has 0 spiro atoms. The Morgan fingerprint density at radius 1 is 1.00 bits per heavy atom. The molecule has 1 fully saturated rings. The van der Waals surface area contributed by atoms with E-state index in [-0.39, 0.29) is 23.6 Å². The highest BCUT2D eigenvalue weighted by atomic mass is 16.5. The Hall–Kier alpha value is -3.90. The topological polar surface area (TPSA) is 76.7 Å². The van der Waals surface area contributed by atoms with Crippen LogP contribution in [0, 0.1) is 6.92 Å². The Kier molecular flexibility index (Phi) is 7.73. The number of rotatable bonds is 8. The van der Waals surface area contributed by atoms with Gasteiger partial charge < -0.3 is 20.1 Å². The van der Waals surface area contributed by atoms with E-state index in [1.807, 2.05) is 73.7 Å². The fraction of sp³-hybridized carbons (Fsp3) is 0.214. The van der Waals surface area contributed by atoms with Crippen molar-refractivity contribution in [3.8, 4) is 11.5 Å². The molecule has 0 aromatic heterocycles. The summed E-state index contributed by atoms with van der Waals surface area (Å²) >= 11 is 0. The molecule has 2 amide bonds. The van der Waals surface area contributed by atoms with Crippen molar-refractivity contribution < 1.29 is 19.1 Å². The lowest BCUT2D eigenvalue weighted by atomic mass is 10.1. The maximum absolute atomic E-state index is 13.0. The van der Waals surface area contributed by atoms with E-state index in [9.17, 15) is 9.59 Å². The van der Waals surface area contributed by atoms with Gasteiger partial charge in [-0.2, -0.15) is 0 Å². The number of hydrogen-bond donors (Lipinski definition) is 2. The highest BCUT2D eigenvalue weighted by Crippen LogP contribution is 2.23. The largest absolute Gasteiger partial charge is 0.457 e. The minimum Gasteiger partial charge on any atom is -0.457 e. The Labute approximate surface area is 199 Å². The molecule has 6 heteroatoms. The molecule has 4 rings (SSSR count). The summed E-state index contributed by atoms with van der Waals surface area (Å²) in [5, 5.41) is 5.66. The molecule has 0 bridgehead atoms. The van der Waals surface area contributed by atoms with Crippen molar-refractivity contribution in [3.05, 3.63) is 101 Å². The summed E-state index contributed by atoms with van der Waals surface area (Å²) in [6.45, 7) is 3.06. The van der Waals surface area contributed by atoms with Gasteiger partial charge in [0.15, 0.2) is 0 Å². The van der Waals surface area contributed by atoms with Gasteiger partial charge in [-0.05, 0) is 67.8 Å². The fourth-order valence-corrected chi connectivity index (χ4v) is 3.62. The van der Waals surface area contributed by atoms with E-state index in [2.05, 4.69) is 10.6 Å². The van der Waals surface area contributed by atoms with Crippen molar-refractivity contribution in [2.24, 2.45) is 0 Å². The number of carbonyl (C=O) groups excluding carboxylic acids is 2. The lowest BCUT2D eigenvalue weighted by molar-refractivity contribution is -0.118. The summed E-state index contributed by atoms with van der Waals surface area (Å²) in [6.07, 6.45) is 3.55. The van der Waals surface area contributed by atoms with Crippen molar-refractivity contribution >= 4 is 17.9 Å². The van der Waals surface area contributed by atoms with Crippen molar-refractivity contribution in [2.75, 3.05) is 13.2 Å². The minimum absolute atomic E-state index is 0.000556. The second-order valence-electron chi connectivity index (χ2n) is 8.21. The van der Waals surface area contributed by atoms with Gasteiger partial charge in [-0.3, -0.25) is 9.59 Å². The predicted molar refractivity (Wildman–Crippen MR) is 132 cm³/mol. The molecule has 0 radical (unpaired) electrons. The van der Waals surface area contributed by atoms with Crippen LogP contribution in [0.2, 0.25) is 0 Å². The lowest BCUT2D eigenvalue weighted by Gasteiger charge is -2.14. The van der Waals surface area contributed by atoms with Gasteiger partial charge in [0.25, 0.3) is 11.8 Å². The Bertz CT molecular complexity index is 1150. The Morgan fingerprint density at radius 3 is 2.50 bits per heavy atom. The minimum atomic E-state index is -0.370. The quantitative estimate of drug-likeness (QED) is 0.475. The number of nitrogens with one attached hydrogen (secondary N) is 2. The molecule has 1 unspecified atom stereocenters. The zero-order chi connectivity index (χ0) is 23.8. The van der Waals surface area contributed by atoms with Crippen LogP contribution < -0.4 is 15.4 Å². The number of para-hydroxylation sites is 1. The molecule has 3 aromatic rings.